The molecule has 0 spiro atoms. The summed E-state index contributed by atoms with van der Waals surface area (Å²) in [6.07, 6.45) is -6.46. The molecular weight excluding hydrogens is 716 g/mol. The van der Waals surface area contributed by atoms with Crippen LogP contribution in [0.25, 0.3) is 17.2 Å². The third-order valence-electron chi connectivity index (χ3n) is 7.77. The number of rotatable bonds is 10. The summed E-state index contributed by atoms with van der Waals surface area (Å²) in [6, 6.07) is 14.1. The summed E-state index contributed by atoms with van der Waals surface area (Å²) >= 11 is 12.5. The normalized spacial score (nSPS) is 14.6. The van der Waals surface area contributed by atoms with Gasteiger partial charge in [-0.1, -0.05) is 35.3 Å². The average Bonchev–Trinajstić information content (AvgIpc) is 3.70. The van der Waals surface area contributed by atoms with Gasteiger partial charge < -0.3 is 9.84 Å². The van der Waals surface area contributed by atoms with Crippen LogP contribution < -0.4 is 5.69 Å². The van der Waals surface area contributed by atoms with Gasteiger partial charge >= 0.3 is 11.9 Å². The molecule has 1 aliphatic heterocycles. The quantitative estimate of drug-likeness (QED) is 0.192. The second-order valence-corrected chi connectivity index (χ2v) is 13.4. The number of halogens is 5. The number of pyridine rings is 1. The zero-order valence-electron chi connectivity index (χ0n) is 27.2. The van der Waals surface area contributed by atoms with E-state index in [2.05, 4.69) is 20.2 Å². The number of alkyl halides is 3. The van der Waals surface area contributed by atoms with Crippen LogP contribution in [0.15, 0.2) is 71.7 Å². The highest BCUT2D eigenvalue weighted by molar-refractivity contribution is 6.32. The molecule has 0 saturated carbocycles. The monoisotopic (exact) mass is 744 g/mol. The van der Waals surface area contributed by atoms with E-state index in [1.54, 1.807) is 39.0 Å². The van der Waals surface area contributed by atoms with E-state index in [-0.39, 0.29) is 51.6 Å². The number of aliphatic hydroxyl groups is 1. The Hall–Kier alpha value is -4.90. The van der Waals surface area contributed by atoms with Crippen molar-refractivity contribution in [1.82, 2.24) is 39.0 Å². The minimum absolute atomic E-state index is 0.0118. The Morgan fingerprint density at radius 2 is 1.55 bits per heavy atom. The fourth-order valence-electron chi connectivity index (χ4n) is 5.36. The Morgan fingerprint density at radius 3 is 2.14 bits per heavy atom. The molecule has 2 atom stereocenters. The van der Waals surface area contributed by atoms with Crippen LogP contribution in [0.5, 0.6) is 0 Å². The van der Waals surface area contributed by atoms with Crippen LogP contribution in [0.4, 0.5) is 13.2 Å². The molecule has 6 rings (SSSR count). The number of imide groups is 1. The lowest BCUT2D eigenvalue weighted by atomic mass is 10.1. The lowest BCUT2D eigenvalue weighted by Gasteiger charge is -2.29. The molecule has 5 aromatic rings. The second kappa shape index (κ2) is 13.7. The molecule has 0 radical (unpaired) electrons. The molecule has 0 aliphatic carbocycles. The first kappa shape index (κ1) is 35.9. The number of benzene rings is 2. The van der Waals surface area contributed by atoms with Crippen LogP contribution in [0.3, 0.4) is 0 Å². The molecule has 266 valence electrons. The molecule has 0 fully saturated rings. The maximum Gasteiger partial charge on any atom is 0.416 e. The number of ether oxygens (including phenoxy) is 1. The van der Waals surface area contributed by atoms with Gasteiger partial charge in [-0.2, -0.15) is 17.9 Å². The van der Waals surface area contributed by atoms with Crippen molar-refractivity contribution in [3.63, 3.8) is 0 Å². The molecule has 13 nitrogen and oxygen atoms in total. The predicted molar refractivity (Wildman–Crippen MR) is 178 cm³/mol. The van der Waals surface area contributed by atoms with Gasteiger partial charge in [0, 0.05) is 16.8 Å². The van der Waals surface area contributed by atoms with Gasteiger partial charge in [-0.05, 0) is 69.3 Å². The highest BCUT2D eigenvalue weighted by atomic mass is 35.5. The first-order valence-electron chi connectivity index (χ1n) is 15.4. The van der Waals surface area contributed by atoms with Gasteiger partial charge in [0.15, 0.2) is 29.4 Å². The molecule has 2 aromatic carbocycles. The summed E-state index contributed by atoms with van der Waals surface area (Å²) in [6.45, 7) is 3.48. The van der Waals surface area contributed by atoms with Crippen LogP contribution in [-0.2, 0) is 17.8 Å². The van der Waals surface area contributed by atoms with Gasteiger partial charge in [0.25, 0.3) is 11.8 Å². The maximum absolute atomic E-state index is 13.7. The molecule has 0 unspecified atom stereocenters. The van der Waals surface area contributed by atoms with Crippen LogP contribution >= 0.6 is 23.2 Å². The van der Waals surface area contributed by atoms with Crippen LogP contribution in [0.1, 0.15) is 59.2 Å². The lowest BCUT2D eigenvalue weighted by molar-refractivity contribution is -0.207. The number of carbonyl (C=O) groups excluding carboxylic acids is 2. The number of aromatic nitrogens is 7. The van der Waals surface area contributed by atoms with E-state index in [9.17, 15) is 32.7 Å². The number of hydrogen-bond acceptors (Lipinski definition) is 9. The number of amides is 2. The van der Waals surface area contributed by atoms with Gasteiger partial charge in [-0.15, -0.1) is 10.2 Å². The lowest BCUT2D eigenvalue weighted by Crippen LogP contribution is -2.39. The van der Waals surface area contributed by atoms with Gasteiger partial charge in [0.2, 0.25) is 0 Å². The molecule has 0 saturated heterocycles. The zero-order chi connectivity index (χ0) is 36.8. The van der Waals surface area contributed by atoms with E-state index in [0.29, 0.717) is 9.59 Å². The summed E-state index contributed by atoms with van der Waals surface area (Å²) in [7, 11) is 0. The molecule has 3 aromatic heterocycles. The number of nitrogens with zero attached hydrogens (tertiary/aromatic N) is 8. The smallest absolute Gasteiger partial charge is 0.382 e. The minimum Gasteiger partial charge on any atom is -0.382 e. The zero-order valence-corrected chi connectivity index (χ0v) is 28.7. The molecule has 4 heterocycles. The molecule has 51 heavy (non-hydrogen) atoms. The molecule has 18 heteroatoms. The van der Waals surface area contributed by atoms with Crippen molar-refractivity contribution in [2.24, 2.45) is 0 Å². The third kappa shape index (κ3) is 7.30. The Labute approximate surface area is 297 Å². The van der Waals surface area contributed by atoms with Crippen molar-refractivity contribution >= 4 is 35.0 Å². The fourth-order valence-corrected chi connectivity index (χ4v) is 5.68. The van der Waals surface area contributed by atoms with Gasteiger partial charge in [0.1, 0.15) is 12.6 Å². The van der Waals surface area contributed by atoms with Gasteiger partial charge in [0.05, 0.1) is 34.9 Å². The third-order valence-corrected chi connectivity index (χ3v) is 8.32. The first-order valence-corrected chi connectivity index (χ1v) is 16.1. The van der Waals surface area contributed by atoms with Gasteiger partial charge in [-0.3, -0.25) is 19.1 Å². The van der Waals surface area contributed by atoms with Crippen molar-refractivity contribution in [1.29, 1.82) is 0 Å². The molecule has 1 N–H and O–H groups in total. The highest BCUT2D eigenvalue weighted by Crippen LogP contribution is 2.34. The Morgan fingerprint density at radius 1 is 0.902 bits per heavy atom. The van der Waals surface area contributed by atoms with Crippen molar-refractivity contribution in [3.05, 3.63) is 110 Å². The van der Waals surface area contributed by atoms with Crippen LogP contribution in [0, 0.1) is 0 Å². The first-order chi connectivity index (χ1) is 24.0. The van der Waals surface area contributed by atoms with Crippen LogP contribution in [-0.4, -0.2) is 80.4 Å². The van der Waals surface area contributed by atoms with E-state index in [4.69, 9.17) is 27.9 Å². The Balaban J connectivity index is 1.48. The van der Waals surface area contributed by atoms with Gasteiger partial charge in [-0.25, -0.2) is 19.4 Å². The summed E-state index contributed by atoms with van der Waals surface area (Å²) in [5, 5.41) is 19.2. The number of aliphatic hydroxyl groups excluding tert-OH is 1. The molecular formula is C33H29Cl2F3N8O5. The molecule has 1 aliphatic rings. The SMILES string of the molecule is CC(C)(C)OC[C@H](c1nc(Cn2nc(-c3ccc(Cl)cc3)n(C[C@H](O)C(F)(F)F)c2=O)nn1-c1ncccc1Cl)N1C(=O)c2ccccc2C1=O. The van der Waals surface area contributed by atoms with Crippen molar-refractivity contribution in [2.75, 3.05) is 6.61 Å². The summed E-state index contributed by atoms with van der Waals surface area (Å²) in [5.74, 6) is -1.44. The number of hydrogen-bond donors (Lipinski definition) is 1. The Kier molecular flexibility index (Phi) is 9.63. The average molecular weight is 746 g/mol. The van der Waals surface area contributed by atoms with E-state index in [1.165, 1.54) is 53.3 Å². The fraction of sp³-hybridized carbons (Fsp3) is 0.303. The highest BCUT2D eigenvalue weighted by Gasteiger charge is 2.44. The van der Waals surface area contributed by atoms with E-state index < -0.39 is 54.5 Å². The number of carbonyl (C=O) groups is 2. The van der Waals surface area contributed by atoms with E-state index >= 15 is 0 Å². The van der Waals surface area contributed by atoms with E-state index in [0.717, 1.165) is 9.58 Å². The summed E-state index contributed by atoms with van der Waals surface area (Å²) < 4.78 is 49.1. The standard InChI is InChI=1S/C33H29Cl2F3N8O5/c1-32(2,3)51-17-23(45-29(48)20-7-4-5-8-21(20)30(45)49)28-40-25(41-46(28)27-22(35)9-6-14-39-27)16-44-31(50)43(15-24(47)33(36,37)38)26(42-44)18-10-12-19(34)13-11-18/h4-14,23-24,47H,15-17H2,1-3H3/t23-,24+/m1/s1. The van der Waals surface area contributed by atoms with Crippen molar-refractivity contribution in [3.8, 4) is 17.2 Å². The predicted octanol–water partition coefficient (Wildman–Crippen LogP) is 5.12. The Bertz CT molecular complexity index is 2140. The topological polar surface area (TPSA) is 150 Å². The molecule has 2 amide bonds. The molecule has 0 bridgehead atoms. The van der Waals surface area contributed by atoms with Crippen LogP contribution in [0.2, 0.25) is 10.0 Å². The van der Waals surface area contributed by atoms with Crippen molar-refractivity contribution in [2.45, 2.75) is 57.8 Å². The maximum atomic E-state index is 13.7. The largest absolute Gasteiger partial charge is 0.416 e. The summed E-state index contributed by atoms with van der Waals surface area (Å²) in [4.78, 5) is 51.1. The summed E-state index contributed by atoms with van der Waals surface area (Å²) in [5.41, 5.74) is -1.14. The van der Waals surface area contributed by atoms with E-state index in [1.807, 2.05) is 0 Å². The number of fused-ring (bicyclic) bond motifs is 1. The van der Waals surface area contributed by atoms with Crippen molar-refractivity contribution < 1.29 is 32.6 Å². The second-order valence-electron chi connectivity index (χ2n) is 12.5. The minimum atomic E-state index is -5.02.